The standard InChI is InChI=1S/C17H18N2OS/c1-2-6-14-13(4-1)5-3-7-15(14)16-12-21-17(18-16)19-8-10-20-11-9-19/h3-7,12H,1-2,8-11H2. The third-order valence-corrected chi connectivity index (χ3v) is 4.97. The monoisotopic (exact) mass is 298 g/mol. The van der Waals surface area contributed by atoms with Crippen LogP contribution in [0.4, 0.5) is 5.13 Å². The van der Waals surface area contributed by atoms with Gasteiger partial charge in [-0.3, -0.25) is 0 Å². The molecule has 1 saturated heterocycles. The molecule has 0 amide bonds. The van der Waals surface area contributed by atoms with Crippen LogP contribution in [0.15, 0.2) is 23.6 Å². The highest BCUT2D eigenvalue weighted by atomic mass is 32.1. The third-order valence-electron chi connectivity index (χ3n) is 4.07. The summed E-state index contributed by atoms with van der Waals surface area (Å²) in [6.07, 6.45) is 6.95. The Morgan fingerprint density at radius 2 is 1.95 bits per heavy atom. The number of ether oxygens (including phenoxy) is 1. The molecule has 1 aromatic heterocycles. The van der Waals surface area contributed by atoms with Crippen molar-refractivity contribution in [1.29, 1.82) is 0 Å². The molecule has 0 saturated carbocycles. The average Bonchev–Trinajstić information content (AvgIpc) is 3.05. The number of hydrogen-bond acceptors (Lipinski definition) is 4. The van der Waals surface area contributed by atoms with Crippen molar-refractivity contribution < 1.29 is 4.74 Å². The second-order valence-corrected chi connectivity index (χ2v) is 6.25. The normalized spacial score (nSPS) is 17.8. The van der Waals surface area contributed by atoms with E-state index in [2.05, 4.69) is 40.6 Å². The molecule has 1 aliphatic heterocycles. The number of hydrogen-bond donors (Lipinski definition) is 0. The maximum Gasteiger partial charge on any atom is 0.186 e. The Morgan fingerprint density at radius 3 is 2.86 bits per heavy atom. The second-order valence-electron chi connectivity index (χ2n) is 5.41. The van der Waals surface area contributed by atoms with E-state index < -0.39 is 0 Å². The molecule has 0 N–H and O–H groups in total. The Balaban J connectivity index is 1.74. The number of nitrogens with zero attached hydrogens (tertiary/aromatic N) is 2. The van der Waals surface area contributed by atoms with Crippen LogP contribution in [-0.4, -0.2) is 31.3 Å². The SMILES string of the molecule is C1=c2cccc(-c3csc(N4CCOCC4)n3)c2=CCC1. The van der Waals surface area contributed by atoms with Crippen molar-refractivity contribution in [3.05, 3.63) is 34.0 Å². The molecular formula is C17H18N2OS. The van der Waals surface area contributed by atoms with E-state index in [0.717, 1.165) is 50.0 Å². The highest BCUT2D eigenvalue weighted by Gasteiger charge is 2.15. The van der Waals surface area contributed by atoms with Gasteiger partial charge in [-0.25, -0.2) is 4.98 Å². The Hall–Kier alpha value is -1.65. The number of anilines is 1. The summed E-state index contributed by atoms with van der Waals surface area (Å²) in [6, 6.07) is 6.52. The summed E-state index contributed by atoms with van der Waals surface area (Å²) in [5.41, 5.74) is 2.36. The highest BCUT2D eigenvalue weighted by Crippen LogP contribution is 2.26. The molecule has 2 heterocycles. The molecule has 0 spiro atoms. The van der Waals surface area contributed by atoms with Gasteiger partial charge in [0, 0.05) is 24.0 Å². The third kappa shape index (κ3) is 2.49. The molecule has 2 aromatic rings. The molecule has 1 fully saturated rings. The first kappa shape index (κ1) is 13.0. The number of thiazole rings is 1. The van der Waals surface area contributed by atoms with Crippen molar-refractivity contribution >= 4 is 28.6 Å². The number of benzene rings is 1. The van der Waals surface area contributed by atoms with E-state index >= 15 is 0 Å². The molecule has 21 heavy (non-hydrogen) atoms. The van der Waals surface area contributed by atoms with Gasteiger partial charge in [-0.05, 0) is 23.3 Å². The van der Waals surface area contributed by atoms with Crippen LogP contribution in [0, 0.1) is 0 Å². The minimum Gasteiger partial charge on any atom is -0.378 e. The van der Waals surface area contributed by atoms with E-state index in [0.29, 0.717) is 0 Å². The predicted octanol–water partition coefficient (Wildman–Crippen LogP) is 2.00. The summed E-state index contributed by atoms with van der Waals surface area (Å²) < 4.78 is 5.41. The number of aromatic nitrogens is 1. The summed E-state index contributed by atoms with van der Waals surface area (Å²) in [6.45, 7) is 3.50. The van der Waals surface area contributed by atoms with E-state index in [1.165, 1.54) is 16.0 Å². The van der Waals surface area contributed by atoms with Crippen LogP contribution in [-0.2, 0) is 4.74 Å². The zero-order chi connectivity index (χ0) is 14.1. The molecule has 1 aromatic carbocycles. The maximum atomic E-state index is 5.41. The molecule has 3 nitrogen and oxygen atoms in total. The fourth-order valence-corrected chi connectivity index (χ4v) is 3.85. The fraction of sp³-hybridized carbons (Fsp3) is 0.353. The van der Waals surface area contributed by atoms with Gasteiger partial charge >= 0.3 is 0 Å². The van der Waals surface area contributed by atoms with Gasteiger partial charge in [-0.1, -0.05) is 30.4 Å². The summed E-state index contributed by atoms with van der Waals surface area (Å²) in [5.74, 6) is 0. The van der Waals surface area contributed by atoms with Crippen molar-refractivity contribution in [2.75, 3.05) is 31.2 Å². The van der Waals surface area contributed by atoms with Crippen LogP contribution in [0.5, 0.6) is 0 Å². The van der Waals surface area contributed by atoms with Gasteiger partial charge in [0.05, 0.1) is 18.9 Å². The zero-order valence-electron chi connectivity index (χ0n) is 11.9. The molecule has 2 aliphatic rings. The van der Waals surface area contributed by atoms with Gasteiger partial charge < -0.3 is 9.64 Å². The Kier molecular flexibility index (Phi) is 3.49. The van der Waals surface area contributed by atoms with Gasteiger partial charge in [-0.2, -0.15) is 0 Å². The van der Waals surface area contributed by atoms with Gasteiger partial charge in [0.15, 0.2) is 5.13 Å². The molecular weight excluding hydrogens is 280 g/mol. The summed E-state index contributed by atoms with van der Waals surface area (Å²) in [7, 11) is 0. The summed E-state index contributed by atoms with van der Waals surface area (Å²) >= 11 is 1.74. The highest BCUT2D eigenvalue weighted by molar-refractivity contribution is 7.14. The molecule has 0 unspecified atom stereocenters. The summed E-state index contributed by atoms with van der Waals surface area (Å²) in [5, 5.41) is 6.00. The summed E-state index contributed by atoms with van der Waals surface area (Å²) in [4.78, 5) is 7.19. The van der Waals surface area contributed by atoms with E-state index in [4.69, 9.17) is 9.72 Å². The lowest BCUT2D eigenvalue weighted by Gasteiger charge is -2.26. The van der Waals surface area contributed by atoms with Gasteiger partial charge in [0.1, 0.15) is 0 Å². The van der Waals surface area contributed by atoms with Crippen LogP contribution in [0.3, 0.4) is 0 Å². The quantitative estimate of drug-likeness (QED) is 0.848. The first-order chi connectivity index (χ1) is 10.4. The molecule has 0 radical (unpaired) electrons. The average molecular weight is 298 g/mol. The molecule has 108 valence electrons. The van der Waals surface area contributed by atoms with Crippen LogP contribution in [0.25, 0.3) is 23.4 Å². The maximum absolute atomic E-state index is 5.41. The van der Waals surface area contributed by atoms with Crippen LogP contribution < -0.4 is 15.3 Å². The Morgan fingerprint density at radius 1 is 1.10 bits per heavy atom. The smallest absolute Gasteiger partial charge is 0.186 e. The molecule has 0 atom stereocenters. The van der Waals surface area contributed by atoms with Crippen molar-refractivity contribution in [1.82, 2.24) is 4.98 Å². The van der Waals surface area contributed by atoms with Crippen LogP contribution >= 0.6 is 11.3 Å². The van der Waals surface area contributed by atoms with Crippen LogP contribution in [0.2, 0.25) is 0 Å². The largest absolute Gasteiger partial charge is 0.378 e. The topological polar surface area (TPSA) is 25.4 Å². The minimum atomic E-state index is 0.804. The van der Waals surface area contributed by atoms with Crippen LogP contribution in [0.1, 0.15) is 12.8 Å². The van der Waals surface area contributed by atoms with Gasteiger partial charge in [0.2, 0.25) is 0 Å². The van der Waals surface area contributed by atoms with Gasteiger partial charge in [-0.15, -0.1) is 11.3 Å². The lowest BCUT2D eigenvalue weighted by atomic mass is 10.0. The van der Waals surface area contributed by atoms with Gasteiger partial charge in [0.25, 0.3) is 0 Å². The molecule has 4 rings (SSSR count). The van der Waals surface area contributed by atoms with E-state index in [1.807, 2.05) is 0 Å². The zero-order valence-corrected chi connectivity index (χ0v) is 12.7. The van der Waals surface area contributed by atoms with Crippen molar-refractivity contribution in [2.45, 2.75) is 12.8 Å². The number of fused-ring (bicyclic) bond motifs is 1. The van der Waals surface area contributed by atoms with E-state index in [9.17, 15) is 0 Å². The lowest BCUT2D eigenvalue weighted by Crippen LogP contribution is -2.36. The number of rotatable bonds is 2. The van der Waals surface area contributed by atoms with Crippen molar-refractivity contribution in [3.63, 3.8) is 0 Å². The number of morpholine rings is 1. The molecule has 1 aliphatic carbocycles. The first-order valence-electron chi connectivity index (χ1n) is 7.50. The molecule has 4 heteroatoms. The van der Waals surface area contributed by atoms with Crippen molar-refractivity contribution in [2.24, 2.45) is 0 Å². The van der Waals surface area contributed by atoms with E-state index in [1.54, 1.807) is 11.3 Å². The first-order valence-corrected chi connectivity index (χ1v) is 8.38. The van der Waals surface area contributed by atoms with Crippen molar-refractivity contribution in [3.8, 4) is 11.3 Å². The Bertz CT molecular complexity index is 759. The minimum absolute atomic E-state index is 0.804. The lowest BCUT2D eigenvalue weighted by molar-refractivity contribution is 0.122. The van der Waals surface area contributed by atoms with E-state index in [-0.39, 0.29) is 0 Å². The Labute approximate surface area is 128 Å². The second kappa shape index (κ2) is 5.62. The predicted molar refractivity (Wildman–Crippen MR) is 88.0 cm³/mol. The fourth-order valence-electron chi connectivity index (χ4n) is 2.97. The molecule has 0 bridgehead atoms.